The van der Waals surface area contributed by atoms with Gasteiger partial charge in [0.2, 0.25) is 0 Å². The molecule has 21 heavy (non-hydrogen) atoms. The molecule has 0 amide bonds. The zero-order valence-corrected chi connectivity index (χ0v) is 13.9. The summed E-state index contributed by atoms with van der Waals surface area (Å²) < 4.78 is 0. The maximum absolute atomic E-state index is 3.82. The highest BCUT2D eigenvalue weighted by atomic mass is 14.9. The minimum absolute atomic E-state index is 0.464. The standard InChI is InChI=1S/C20H29N/c1-5-14-21-20(16(6-2)7-3)19-15(4)12-13-17-10-8-9-11-18(17)19/h8-13,16,20-21H,5-7,14H2,1-4H3. The summed E-state index contributed by atoms with van der Waals surface area (Å²) in [5, 5.41) is 6.59. The first-order chi connectivity index (χ1) is 10.2. The molecular formula is C20H29N. The van der Waals surface area contributed by atoms with Gasteiger partial charge in [0.25, 0.3) is 0 Å². The molecule has 0 radical (unpaired) electrons. The average molecular weight is 283 g/mol. The van der Waals surface area contributed by atoms with Gasteiger partial charge in [-0.25, -0.2) is 0 Å². The molecule has 2 rings (SSSR count). The summed E-state index contributed by atoms with van der Waals surface area (Å²) in [5.41, 5.74) is 2.92. The Morgan fingerprint density at radius 3 is 2.33 bits per heavy atom. The third kappa shape index (κ3) is 3.47. The van der Waals surface area contributed by atoms with Crippen LogP contribution in [-0.2, 0) is 0 Å². The molecule has 0 aliphatic rings. The van der Waals surface area contributed by atoms with E-state index < -0.39 is 0 Å². The third-order valence-corrected chi connectivity index (χ3v) is 4.63. The fourth-order valence-corrected chi connectivity index (χ4v) is 3.38. The van der Waals surface area contributed by atoms with Crippen LogP contribution in [0.15, 0.2) is 36.4 Å². The van der Waals surface area contributed by atoms with Crippen molar-refractivity contribution in [3.05, 3.63) is 47.5 Å². The molecule has 0 saturated carbocycles. The number of hydrogen-bond donors (Lipinski definition) is 1. The number of fused-ring (bicyclic) bond motifs is 1. The minimum Gasteiger partial charge on any atom is -0.310 e. The normalized spacial score (nSPS) is 13.0. The van der Waals surface area contributed by atoms with Crippen molar-refractivity contribution < 1.29 is 0 Å². The van der Waals surface area contributed by atoms with E-state index >= 15 is 0 Å². The maximum Gasteiger partial charge on any atom is 0.0357 e. The van der Waals surface area contributed by atoms with Crippen molar-refractivity contribution >= 4 is 10.8 Å². The van der Waals surface area contributed by atoms with E-state index in [1.807, 2.05) is 0 Å². The molecule has 1 unspecified atom stereocenters. The monoisotopic (exact) mass is 283 g/mol. The van der Waals surface area contributed by atoms with Gasteiger partial charge in [-0.15, -0.1) is 0 Å². The van der Waals surface area contributed by atoms with Crippen LogP contribution in [0.4, 0.5) is 0 Å². The Morgan fingerprint density at radius 2 is 1.67 bits per heavy atom. The second kappa shape index (κ2) is 7.61. The van der Waals surface area contributed by atoms with E-state index in [0.717, 1.165) is 6.54 Å². The number of nitrogens with one attached hydrogen (secondary N) is 1. The van der Waals surface area contributed by atoms with Crippen molar-refractivity contribution in [1.29, 1.82) is 0 Å². The van der Waals surface area contributed by atoms with E-state index in [2.05, 4.69) is 69.4 Å². The van der Waals surface area contributed by atoms with E-state index in [4.69, 9.17) is 0 Å². The highest BCUT2D eigenvalue weighted by Gasteiger charge is 2.23. The number of hydrogen-bond acceptors (Lipinski definition) is 1. The lowest BCUT2D eigenvalue weighted by molar-refractivity contribution is 0.342. The first-order valence-electron chi connectivity index (χ1n) is 8.44. The Hall–Kier alpha value is -1.34. The lowest BCUT2D eigenvalue weighted by Crippen LogP contribution is -2.29. The van der Waals surface area contributed by atoms with Crippen LogP contribution in [0.3, 0.4) is 0 Å². The first kappa shape index (κ1) is 16.0. The van der Waals surface area contributed by atoms with Gasteiger partial charge in [-0.3, -0.25) is 0 Å². The molecule has 114 valence electrons. The molecule has 0 aliphatic heterocycles. The van der Waals surface area contributed by atoms with Gasteiger partial charge in [0.05, 0.1) is 0 Å². The topological polar surface area (TPSA) is 12.0 Å². The fraction of sp³-hybridized carbons (Fsp3) is 0.500. The van der Waals surface area contributed by atoms with Crippen molar-refractivity contribution in [2.45, 2.75) is 53.0 Å². The van der Waals surface area contributed by atoms with Crippen LogP contribution in [-0.4, -0.2) is 6.54 Å². The fourth-order valence-electron chi connectivity index (χ4n) is 3.38. The predicted octanol–water partition coefficient (Wildman–Crippen LogP) is 5.63. The predicted molar refractivity (Wildman–Crippen MR) is 93.8 cm³/mol. The second-order valence-corrected chi connectivity index (χ2v) is 6.03. The highest BCUT2D eigenvalue weighted by molar-refractivity contribution is 5.87. The van der Waals surface area contributed by atoms with E-state index in [1.165, 1.54) is 41.2 Å². The molecule has 0 heterocycles. The van der Waals surface area contributed by atoms with Crippen LogP contribution >= 0.6 is 0 Å². The Morgan fingerprint density at radius 1 is 0.952 bits per heavy atom. The molecule has 1 atom stereocenters. The van der Waals surface area contributed by atoms with Crippen LogP contribution in [0.1, 0.15) is 57.2 Å². The van der Waals surface area contributed by atoms with Crippen LogP contribution in [0.25, 0.3) is 10.8 Å². The lowest BCUT2D eigenvalue weighted by atomic mass is 9.84. The molecule has 2 aromatic rings. The van der Waals surface area contributed by atoms with Crippen molar-refractivity contribution in [3.8, 4) is 0 Å². The SMILES string of the molecule is CCCNC(c1c(C)ccc2ccccc12)C(CC)CC. The molecule has 0 aliphatic carbocycles. The molecule has 0 bridgehead atoms. The van der Waals surface area contributed by atoms with E-state index in [1.54, 1.807) is 0 Å². The lowest BCUT2D eigenvalue weighted by Gasteiger charge is -2.29. The number of rotatable bonds is 7. The Balaban J connectivity index is 2.54. The number of aryl methyl sites for hydroxylation is 1. The summed E-state index contributed by atoms with van der Waals surface area (Å²) in [5.74, 6) is 0.695. The molecule has 1 heteroatoms. The van der Waals surface area contributed by atoms with Crippen molar-refractivity contribution in [3.63, 3.8) is 0 Å². The molecule has 0 aromatic heterocycles. The largest absolute Gasteiger partial charge is 0.310 e. The van der Waals surface area contributed by atoms with E-state index in [9.17, 15) is 0 Å². The Bertz CT molecular complexity index is 569. The summed E-state index contributed by atoms with van der Waals surface area (Å²) in [6.45, 7) is 10.2. The molecule has 0 saturated heterocycles. The van der Waals surface area contributed by atoms with Crippen LogP contribution < -0.4 is 5.32 Å². The molecule has 2 aromatic carbocycles. The van der Waals surface area contributed by atoms with Gasteiger partial charge in [-0.05, 0) is 47.7 Å². The van der Waals surface area contributed by atoms with Gasteiger partial charge < -0.3 is 5.32 Å². The maximum atomic E-state index is 3.82. The van der Waals surface area contributed by atoms with E-state index in [0.29, 0.717) is 12.0 Å². The summed E-state index contributed by atoms with van der Waals surface area (Å²) in [7, 11) is 0. The third-order valence-electron chi connectivity index (χ3n) is 4.63. The zero-order chi connectivity index (χ0) is 15.2. The molecule has 1 N–H and O–H groups in total. The van der Waals surface area contributed by atoms with Crippen molar-refractivity contribution in [2.75, 3.05) is 6.54 Å². The van der Waals surface area contributed by atoms with Gasteiger partial charge in [0.15, 0.2) is 0 Å². The highest BCUT2D eigenvalue weighted by Crippen LogP contribution is 2.34. The Kier molecular flexibility index (Phi) is 5.81. The minimum atomic E-state index is 0.464. The summed E-state index contributed by atoms with van der Waals surface area (Å²) in [6, 6.07) is 13.8. The first-order valence-corrected chi connectivity index (χ1v) is 8.44. The molecular weight excluding hydrogens is 254 g/mol. The van der Waals surface area contributed by atoms with Gasteiger partial charge in [-0.2, -0.15) is 0 Å². The molecule has 0 spiro atoms. The average Bonchev–Trinajstić information content (AvgIpc) is 2.52. The van der Waals surface area contributed by atoms with Crippen molar-refractivity contribution in [2.24, 2.45) is 5.92 Å². The van der Waals surface area contributed by atoms with Crippen molar-refractivity contribution in [1.82, 2.24) is 5.32 Å². The van der Waals surface area contributed by atoms with Crippen LogP contribution in [0.2, 0.25) is 0 Å². The summed E-state index contributed by atoms with van der Waals surface area (Å²) in [6.07, 6.45) is 3.63. The van der Waals surface area contributed by atoms with Crippen LogP contribution in [0.5, 0.6) is 0 Å². The van der Waals surface area contributed by atoms with Crippen LogP contribution in [0, 0.1) is 12.8 Å². The summed E-state index contributed by atoms with van der Waals surface area (Å²) >= 11 is 0. The summed E-state index contributed by atoms with van der Waals surface area (Å²) in [4.78, 5) is 0. The Labute approximate surface area is 129 Å². The zero-order valence-electron chi connectivity index (χ0n) is 13.9. The smallest absolute Gasteiger partial charge is 0.0357 e. The molecule has 0 fully saturated rings. The van der Waals surface area contributed by atoms with Gasteiger partial charge in [-0.1, -0.05) is 70.0 Å². The van der Waals surface area contributed by atoms with Gasteiger partial charge in [0, 0.05) is 6.04 Å². The quantitative estimate of drug-likeness (QED) is 0.695. The van der Waals surface area contributed by atoms with E-state index in [-0.39, 0.29) is 0 Å². The van der Waals surface area contributed by atoms with Gasteiger partial charge >= 0.3 is 0 Å². The number of benzene rings is 2. The van der Waals surface area contributed by atoms with Gasteiger partial charge in [0.1, 0.15) is 0 Å². The second-order valence-electron chi connectivity index (χ2n) is 6.03. The molecule has 1 nitrogen and oxygen atoms in total.